The van der Waals surface area contributed by atoms with Crippen LogP contribution in [0, 0.1) is 5.82 Å². The van der Waals surface area contributed by atoms with Crippen molar-refractivity contribution in [3.05, 3.63) is 27.4 Å². The zero-order chi connectivity index (χ0) is 14.6. The van der Waals surface area contributed by atoms with Crippen LogP contribution in [0.4, 0.5) is 14.9 Å². The van der Waals surface area contributed by atoms with Crippen LogP contribution in [0.25, 0.3) is 0 Å². The van der Waals surface area contributed by atoms with E-state index in [0.29, 0.717) is 0 Å². The highest BCUT2D eigenvalue weighted by Crippen LogP contribution is 2.32. The van der Waals surface area contributed by atoms with Crippen LogP contribution in [0.1, 0.15) is 6.92 Å². The molecule has 0 fully saturated rings. The number of hydrogen-bond donors (Lipinski definition) is 2. The van der Waals surface area contributed by atoms with Gasteiger partial charge in [0.05, 0.1) is 17.3 Å². The number of benzene rings is 1. The van der Waals surface area contributed by atoms with Crippen molar-refractivity contribution in [1.82, 2.24) is 4.72 Å². The molecule has 0 aliphatic rings. The lowest BCUT2D eigenvalue weighted by Crippen LogP contribution is -2.35. The van der Waals surface area contributed by atoms with Gasteiger partial charge in [-0.05, 0) is 35.0 Å². The van der Waals surface area contributed by atoms with Crippen LogP contribution in [-0.2, 0) is 14.9 Å². The molecule has 1 rings (SSSR count). The molecule has 6 nitrogen and oxygen atoms in total. The van der Waals surface area contributed by atoms with Crippen molar-refractivity contribution in [2.45, 2.75) is 6.92 Å². The fourth-order valence-corrected chi connectivity index (χ4v) is 2.97. The van der Waals surface area contributed by atoms with Gasteiger partial charge in [-0.3, -0.25) is 4.72 Å². The summed E-state index contributed by atoms with van der Waals surface area (Å²) in [6.45, 7) is 1.54. The van der Waals surface area contributed by atoms with Gasteiger partial charge in [0.2, 0.25) is 0 Å². The van der Waals surface area contributed by atoms with E-state index in [0.717, 1.165) is 12.1 Å². The first kappa shape index (κ1) is 16.0. The first-order valence-electron chi connectivity index (χ1n) is 4.87. The molecule has 0 radical (unpaired) electrons. The van der Waals surface area contributed by atoms with E-state index in [9.17, 15) is 17.6 Å². The normalized spacial score (nSPS) is 10.9. The van der Waals surface area contributed by atoms with Gasteiger partial charge in [-0.2, -0.15) is 8.42 Å². The van der Waals surface area contributed by atoms with Gasteiger partial charge in [0.25, 0.3) is 0 Å². The van der Waals surface area contributed by atoms with Gasteiger partial charge in [0.15, 0.2) is 0 Å². The molecule has 106 valence electrons. The second-order valence-corrected chi connectivity index (χ2v) is 5.85. The highest BCUT2D eigenvalue weighted by Gasteiger charge is 2.18. The predicted octanol–water partition coefficient (Wildman–Crippen LogP) is 2.64. The monoisotopic (exact) mass is 374 g/mol. The number of rotatable bonds is 4. The topological polar surface area (TPSA) is 84.5 Å². The lowest BCUT2D eigenvalue weighted by molar-refractivity contribution is 0.159. The van der Waals surface area contributed by atoms with E-state index in [2.05, 4.69) is 20.7 Å². The molecule has 10 heteroatoms. The molecule has 0 aromatic heterocycles. The minimum absolute atomic E-state index is 0.0162. The second-order valence-electron chi connectivity index (χ2n) is 3.17. The summed E-state index contributed by atoms with van der Waals surface area (Å²) in [6.07, 6.45) is -1.13. The number of amides is 1. The predicted molar refractivity (Wildman–Crippen MR) is 71.8 cm³/mol. The molecular weight excluding hydrogens is 367 g/mol. The smallest absolute Gasteiger partial charge is 0.422 e. The van der Waals surface area contributed by atoms with Crippen LogP contribution >= 0.6 is 27.5 Å². The van der Waals surface area contributed by atoms with Crippen molar-refractivity contribution >= 4 is 49.5 Å². The third-order valence-corrected chi connectivity index (χ3v) is 3.57. The van der Waals surface area contributed by atoms with Gasteiger partial charge in [0.1, 0.15) is 5.82 Å². The summed E-state index contributed by atoms with van der Waals surface area (Å²) in [7, 11) is -4.23. The molecule has 2 N–H and O–H groups in total. The number of nitrogens with one attached hydrogen (secondary N) is 2. The summed E-state index contributed by atoms with van der Waals surface area (Å²) >= 11 is 8.65. The van der Waals surface area contributed by atoms with E-state index in [4.69, 9.17) is 11.6 Å². The molecule has 19 heavy (non-hydrogen) atoms. The van der Waals surface area contributed by atoms with E-state index in [1.165, 1.54) is 6.92 Å². The molecule has 0 aliphatic heterocycles. The van der Waals surface area contributed by atoms with Crippen molar-refractivity contribution < 1.29 is 22.3 Å². The van der Waals surface area contributed by atoms with Crippen LogP contribution in [0.3, 0.4) is 0 Å². The largest absolute Gasteiger partial charge is 0.449 e. The first-order valence-corrected chi connectivity index (χ1v) is 7.52. The molecule has 0 atom stereocenters. The van der Waals surface area contributed by atoms with Crippen LogP contribution < -0.4 is 9.44 Å². The average Bonchev–Trinajstić information content (AvgIpc) is 2.23. The van der Waals surface area contributed by atoms with Crippen LogP contribution in [0.5, 0.6) is 0 Å². The third-order valence-electron chi connectivity index (χ3n) is 1.74. The molecule has 1 amide bonds. The Bertz CT molecular complexity index is 573. The van der Waals surface area contributed by atoms with Gasteiger partial charge in [0, 0.05) is 4.47 Å². The number of carbonyl (C=O) groups excluding carboxylic acids is 1. The molecule has 0 saturated heterocycles. The molecule has 1 aromatic carbocycles. The summed E-state index contributed by atoms with van der Waals surface area (Å²) < 4.78 is 44.2. The highest BCUT2D eigenvalue weighted by atomic mass is 79.9. The quantitative estimate of drug-likeness (QED) is 0.847. The summed E-state index contributed by atoms with van der Waals surface area (Å²) in [4.78, 5) is 11.0. The van der Waals surface area contributed by atoms with Crippen LogP contribution in [0.15, 0.2) is 16.6 Å². The molecule has 0 unspecified atom stereocenters. The van der Waals surface area contributed by atoms with Crippen molar-refractivity contribution in [3.63, 3.8) is 0 Å². The molecule has 1 aromatic rings. The minimum atomic E-state index is -4.23. The van der Waals surface area contributed by atoms with E-state index < -0.39 is 22.1 Å². The Morgan fingerprint density at radius 3 is 2.68 bits per heavy atom. The fourth-order valence-electron chi connectivity index (χ4n) is 1.07. The molecule has 0 heterocycles. The summed E-state index contributed by atoms with van der Waals surface area (Å²) in [5.41, 5.74) is -0.0973. The van der Waals surface area contributed by atoms with Crippen molar-refractivity contribution in [3.8, 4) is 0 Å². The zero-order valence-corrected chi connectivity index (χ0v) is 12.7. The number of ether oxygens (including phenoxy) is 1. The minimum Gasteiger partial charge on any atom is -0.449 e. The van der Waals surface area contributed by atoms with Crippen molar-refractivity contribution in [2.24, 2.45) is 0 Å². The number of anilines is 1. The maximum atomic E-state index is 13.0. The van der Waals surface area contributed by atoms with Gasteiger partial charge < -0.3 is 4.74 Å². The van der Waals surface area contributed by atoms with Gasteiger partial charge in [-0.25, -0.2) is 13.9 Å². The Kier molecular flexibility index (Phi) is 5.39. The Hall–Kier alpha value is -1.06. The number of carbonyl (C=O) groups is 1. The Balaban J connectivity index is 2.93. The fraction of sp³-hybridized carbons (Fsp3) is 0.222. The SMILES string of the molecule is CCOC(=O)NS(=O)(=O)Nc1c(Cl)cc(F)cc1Br. The lowest BCUT2D eigenvalue weighted by atomic mass is 10.3. The van der Waals surface area contributed by atoms with E-state index in [1.807, 2.05) is 4.72 Å². The van der Waals surface area contributed by atoms with Gasteiger partial charge >= 0.3 is 16.3 Å². The molecular formula is C9H9BrClFN2O4S. The summed E-state index contributed by atoms with van der Waals surface area (Å²) in [5, 5.41) is -0.166. The summed E-state index contributed by atoms with van der Waals surface area (Å²) in [6, 6.07) is 1.95. The number of hydrogen-bond acceptors (Lipinski definition) is 4. The molecule has 0 aliphatic carbocycles. The Morgan fingerprint density at radius 2 is 2.16 bits per heavy atom. The maximum absolute atomic E-state index is 13.0. The van der Waals surface area contributed by atoms with E-state index in [-0.39, 0.29) is 21.8 Å². The Labute approximate surface area is 122 Å². The molecule has 0 saturated carbocycles. The second kappa shape index (κ2) is 6.40. The van der Waals surface area contributed by atoms with Gasteiger partial charge in [-0.15, -0.1) is 0 Å². The average molecular weight is 376 g/mol. The first-order chi connectivity index (χ1) is 8.75. The van der Waals surface area contributed by atoms with Crippen LogP contribution in [-0.4, -0.2) is 21.1 Å². The van der Waals surface area contributed by atoms with E-state index in [1.54, 1.807) is 4.72 Å². The summed E-state index contributed by atoms with van der Waals surface area (Å²) in [5.74, 6) is -0.641. The van der Waals surface area contributed by atoms with E-state index >= 15 is 0 Å². The molecule has 0 bridgehead atoms. The van der Waals surface area contributed by atoms with Gasteiger partial charge in [-0.1, -0.05) is 11.6 Å². The zero-order valence-electron chi connectivity index (χ0n) is 9.54. The van der Waals surface area contributed by atoms with Crippen LogP contribution in [0.2, 0.25) is 5.02 Å². The maximum Gasteiger partial charge on any atom is 0.422 e. The lowest BCUT2D eigenvalue weighted by Gasteiger charge is -2.12. The third kappa shape index (κ3) is 4.84. The van der Waals surface area contributed by atoms with Crippen molar-refractivity contribution in [2.75, 3.05) is 11.3 Å². The Morgan fingerprint density at radius 1 is 1.53 bits per heavy atom. The highest BCUT2D eigenvalue weighted by molar-refractivity contribution is 9.10. The number of halogens is 3. The molecule has 0 spiro atoms. The standard InChI is InChI=1S/C9H9BrClFN2O4S/c1-2-18-9(15)14-19(16,17)13-8-6(10)3-5(12)4-7(8)11/h3-4,13H,2H2,1H3,(H,14,15). The van der Waals surface area contributed by atoms with Crippen molar-refractivity contribution in [1.29, 1.82) is 0 Å².